The second kappa shape index (κ2) is 6.53. The molecule has 2 aromatic rings. The van der Waals surface area contributed by atoms with Crippen LogP contribution in [0, 0.1) is 15.5 Å². The van der Waals surface area contributed by atoms with E-state index < -0.39 is 4.92 Å². The maximum absolute atomic E-state index is 10.9. The zero-order chi connectivity index (χ0) is 13.8. The molecule has 0 amide bonds. The zero-order valence-electron chi connectivity index (χ0n) is 10.3. The number of halogens is 1. The van der Waals surface area contributed by atoms with Crippen molar-refractivity contribution in [3.63, 3.8) is 0 Å². The lowest BCUT2D eigenvalue weighted by molar-refractivity contribution is -0.385. The van der Waals surface area contributed by atoms with Gasteiger partial charge in [-0.15, -0.1) is 12.4 Å². The van der Waals surface area contributed by atoms with Gasteiger partial charge in [0.15, 0.2) is 0 Å². The molecule has 6 nitrogen and oxygen atoms in total. The molecule has 0 aliphatic rings. The number of nitrogens with one attached hydrogen (secondary N) is 1. The Kier molecular flexibility index (Phi) is 5.05. The third-order valence-corrected chi connectivity index (χ3v) is 2.43. The van der Waals surface area contributed by atoms with Crippen molar-refractivity contribution in [2.24, 2.45) is 5.73 Å². The van der Waals surface area contributed by atoms with Gasteiger partial charge in [0.05, 0.1) is 4.92 Å². The van der Waals surface area contributed by atoms with Gasteiger partial charge in [-0.3, -0.25) is 15.5 Å². The Morgan fingerprint density at radius 1 is 1.20 bits per heavy atom. The van der Waals surface area contributed by atoms with Crippen LogP contribution in [-0.2, 0) is 0 Å². The number of para-hydroxylation sites is 2. The summed E-state index contributed by atoms with van der Waals surface area (Å²) in [6, 6.07) is 12.6. The quantitative estimate of drug-likeness (QED) is 0.391. The summed E-state index contributed by atoms with van der Waals surface area (Å²) in [5.41, 5.74) is 5.75. The minimum Gasteiger partial charge on any atom is -0.450 e. The van der Waals surface area contributed by atoms with Crippen LogP contribution in [0.3, 0.4) is 0 Å². The van der Waals surface area contributed by atoms with E-state index in [1.165, 1.54) is 12.1 Å². The molecule has 0 unspecified atom stereocenters. The third-order valence-electron chi connectivity index (χ3n) is 2.43. The highest BCUT2D eigenvalue weighted by atomic mass is 35.5. The number of nitro groups is 1. The Hall–Kier alpha value is -2.60. The van der Waals surface area contributed by atoms with E-state index in [9.17, 15) is 10.1 Å². The highest BCUT2D eigenvalue weighted by Gasteiger charge is 2.14. The molecule has 0 atom stereocenters. The van der Waals surface area contributed by atoms with Gasteiger partial charge in [-0.25, -0.2) is 0 Å². The van der Waals surface area contributed by atoms with E-state index in [1.807, 2.05) is 0 Å². The highest BCUT2D eigenvalue weighted by Crippen LogP contribution is 2.30. The Morgan fingerprint density at radius 2 is 1.90 bits per heavy atom. The molecule has 0 saturated heterocycles. The summed E-state index contributed by atoms with van der Waals surface area (Å²) in [6.07, 6.45) is 0. The monoisotopic (exact) mass is 293 g/mol. The topological polar surface area (TPSA) is 102 Å². The molecule has 104 valence electrons. The molecule has 0 fully saturated rings. The molecule has 0 aliphatic carbocycles. The van der Waals surface area contributed by atoms with Crippen LogP contribution >= 0.6 is 12.4 Å². The van der Waals surface area contributed by atoms with E-state index in [1.54, 1.807) is 36.4 Å². The van der Waals surface area contributed by atoms with Crippen LogP contribution in [0.25, 0.3) is 0 Å². The molecule has 0 aromatic heterocycles. The van der Waals surface area contributed by atoms with Crippen LogP contribution in [0.5, 0.6) is 11.5 Å². The molecule has 0 heterocycles. The lowest BCUT2D eigenvalue weighted by Crippen LogP contribution is -2.10. The van der Waals surface area contributed by atoms with E-state index in [4.69, 9.17) is 15.9 Å². The van der Waals surface area contributed by atoms with Gasteiger partial charge in [-0.05, 0) is 18.2 Å². The SMILES string of the molecule is Cl.N=C(N)c1cccc(Oc2ccccc2[N+](=O)[O-])c1. The van der Waals surface area contributed by atoms with Crippen LogP contribution < -0.4 is 10.5 Å². The van der Waals surface area contributed by atoms with Crippen molar-refractivity contribution < 1.29 is 9.66 Å². The smallest absolute Gasteiger partial charge is 0.311 e. The fourth-order valence-electron chi connectivity index (χ4n) is 1.55. The van der Waals surface area contributed by atoms with Gasteiger partial charge in [-0.1, -0.05) is 24.3 Å². The molecule has 3 N–H and O–H groups in total. The van der Waals surface area contributed by atoms with Gasteiger partial charge in [-0.2, -0.15) is 0 Å². The third kappa shape index (κ3) is 3.46. The second-order valence-electron chi connectivity index (χ2n) is 3.77. The van der Waals surface area contributed by atoms with Crippen molar-refractivity contribution in [1.82, 2.24) is 0 Å². The summed E-state index contributed by atoms with van der Waals surface area (Å²) in [5.74, 6) is 0.447. The average molecular weight is 294 g/mol. The van der Waals surface area contributed by atoms with Gasteiger partial charge < -0.3 is 10.5 Å². The van der Waals surface area contributed by atoms with E-state index >= 15 is 0 Å². The maximum Gasteiger partial charge on any atom is 0.311 e. The molecule has 0 saturated carbocycles. The Bertz CT molecular complexity index is 646. The molecule has 0 bridgehead atoms. The van der Waals surface area contributed by atoms with Crippen molar-refractivity contribution in [2.75, 3.05) is 0 Å². The molecule has 20 heavy (non-hydrogen) atoms. The number of nitrogens with zero attached hydrogens (tertiary/aromatic N) is 1. The number of nitrogen functional groups attached to an aromatic ring is 1. The summed E-state index contributed by atoms with van der Waals surface area (Å²) in [6.45, 7) is 0. The van der Waals surface area contributed by atoms with Gasteiger partial charge in [0.25, 0.3) is 0 Å². The van der Waals surface area contributed by atoms with E-state index in [-0.39, 0.29) is 29.7 Å². The molecular formula is C13H12ClN3O3. The Balaban J connectivity index is 0.00000200. The van der Waals surface area contributed by atoms with Crippen LogP contribution in [0.4, 0.5) is 5.69 Å². The standard InChI is InChI=1S/C13H11N3O3.ClH/c14-13(15)9-4-3-5-10(8-9)19-12-7-2-1-6-11(12)16(17)18;/h1-8H,(H3,14,15);1H. The van der Waals surface area contributed by atoms with Crippen molar-refractivity contribution in [1.29, 1.82) is 5.41 Å². The van der Waals surface area contributed by atoms with Crippen LogP contribution in [-0.4, -0.2) is 10.8 Å². The van der Waals surface area contributed by atoms with E-state index in [0.29, 0.717) is 11.3 Å². The molecular weight excluding hydrogens is 282 g/mol. The normalized spacial score (nSPS) is 9.40. The minimum absolute atomic E-state index is 0. The summed E-state index contributed by atoms with van der Waals surface area (Å²) in [7, 11) is 0. The predicted molar refractivity (Wildman–Crippen MR) is 77.9 cm³/mol. The number of hydrogen-bond acceptors (Lipinski definition) is 4. The number of amidine groups is 1. The summed E-state index contributed by atoms with van der Waals surface area (Å²) < 4.78 is 5.47. The average Bonchev–Trinajstić information content (AvgIpc) is 2.39. The van der Waals surface area contributed by atoms with Crippen LogP contribution in [0.15, 0.2) is 48.5 Å². The first-order valence-electron chi connectivity index (χ1n) is 5.43. The van der Waals surface area contributed by atoms with Gasteiger partial charge >= 0.3 is 5.69 Å². The van der Waals surface area contributed by atoms with Gasteiger partial charge in [0.1, 0.15) is 11.6 Å². The summed E-state index contributed by atoms with van der Waals surface area (Å²) in [4.78, 5) is 10.3. The maximum atomic E-state index is 10.9. The van der Waals surface area contributed by atoms with Crippen LogP contribution in [0.1, 0.15) is 5.56 Å². The number of benzene rings is 2. The summed E-state index contributed by atoms with van der Waals surface area (Å²) in [5, 5.41) is 18.2. The fraction of sp³-hybridized carbons (Fsp3) is 0. The first kappa shape index (κ1) is 15.5. The van der Waals surface area contributed by atoms with Gasteiger partial charge in [0.2, 0.25) is 5.75 Å². The molecule has 0 aliphatic heterocycles. The number of nitro benzene ring substituents is 1. The number of nitrogens with two attached hydrogens (primary N) is 1. The van der Waals surface area contributed by atoms with Crippen LogP contribution in [0.2, 0.25) is 0 Å². The first-order valence-corrected chi connectivity index (χ1v) is 5.43. The van der Waals surface area contributed by atoms with E-state index in [0.717, 1.165) is 0 Å². The minimum atomic E-state index is -0.510. The first-order chi connectivity index (χ1) is 9.08. The zero-order valence-corrected chi connectivity index (χ0v) is 11.1. The van der Waals surface area contributed by atoms with Gasteiger partial charge in [0, 0.05) is 11.6 Å². The highest BCUT2D eigenvalue weighted by molar-refractivity contribution is 5.95. The molecule has 2 aromatic carbocycles. The number of hydrogen-bond donors (Lipinski definition) is 2. The Morgan fingerprint density at radius 3 is 2.55 bits per heavy atom. The van der Waals surface area contributed by atoms with E-state index in [2.05, 4.69) is 0 Å². The van der Waals surface area contributed by atoms with Crippen molar-refractivity contribution in [3.8, 4) is 11.5 Å². The van der Waals surface area contributed by atoms with Crippen molar-refractivity contribution in [2.45, 2.75) is 0 Å². The Labute approximate surface area is 121 Å². The van der Waals surface area contributed by atoms with Crippen molar-refractivity contribution in [3.05, 3.63) is 64.2 Å². The molecule has 0 radical (unpaired) electrons. The predicted octanol–water partition coefficient (Wildman–Crippen LogP) is 3.09. The molecule has 0 spiro atoms. The number of ether oxygens (including phenoxy) is 1. The largest absolute Gasteiger partial charge is 0.450 e. The second-order valence-corrected chi connectivity index (χ2v) is 3.77. The molecule has 2 rings (SSSR count). The lowest BCUT2D eigenvalue weighted by Gasteiger charge is -2.07. The summed E-state index contributed by atoms with van der Waals surface area (Å²) >= 11 is 0. The van der Waals surface area contributed by atoms with Crippen molar-refractivity contribution >= 4 is 23.9 Å². The lowest BCUT2D eigenvalue weighted by atomic mass is 10.2. The fourth-order valence-corrected chi connectivity index (χ4v) is 1.55. The molecule has 7 heteroatoms. The number of rotatable bonds is 4.